The minimum Gasteiger partial charge on any atom is -0.355 e. The molecule has 156 valence electrons. The van der Waals surface area contributed by atoms with Crippen molar-refractivity contribution in [2.24, 2.45) is 0 Å². The molecule has 0 spiro atoms. The van der Waals surface area contributed by atoms with E-state index in [1.807, 2.05) is 35.8 Å². The monoisotopic (exact) mass is 425 g/mol. The van der Waals surface area contributed by atoms with Crippen LogP contribution in [0.4, 0.5) is 0 Å². The van der Waals surface area contributed by atoms with Gasteiger partial charge in [0.1, 0.15) is 0 Å². The van der Waals surface area contributed by atoms with Crippen LogP contribution < -0.4 is 5.32 Å². The maximum Gasteiger partial charge on any atom is 0.273 e. The lowest BCUT2D eigenvalue weighted by molar-refractivity contribution is -0.130. The van der Waals surface area contributed by atoms with Crippen molar-refractivity contribution in [2.75, 3.05) is 32.7 Å². The molecule has 1 aliphatic rings. The summed E-state index contributed by atoms with van der Waals surface area (Å²) in [5.41, 5.74) is 3.90. The number of benzene rings is 1. The summed E-state index contributed by atoms with van der Waals surface area (Å²) < 4.78 is 5.25. The third-order valence-corrected chi connectivity index (χ3v) is 5.65. The summed E-state index contributed by atoms with van der Waals surface area (Å²) in [5.74, 6) is -0.000281. The lowest BCUT2D eigenvalue weighted by Gasteiger charge is -2.21. The van der Waals surface area contributed by atoms with Crippen LogP contribution in [0.25, 0.3) is 11.3 Å². The summed E-state index contributed by atoms with van der Waals surface area (Å²) in [6.07, 6.45) is 0.896. The Hall–Kier alpha value is -3.04. The van der Waals surface area contributed by atoms with Crippen molar-refractivity contribution in [3.05, 3.63) is 58.7 Å². The van der Waals surface area contributed by atoms with Crippen molar-refractivity contribution in [1.29, 1.82) is 0 Å². The zero-order valence-corrected chi connectivity index (χ0v) is 17.3. The predicted molar refractivity (Wildman–Crippen MR) is 113 cm³/mol. The number of nitrogens with zero attached hydrogens (tertiary/aromatic N) is 4. The average Bonchev–Trinajstić information content (AvgIpc) is 3.42. The second kappa shape index (κ2) is 9.64. The van der Waals surface area contributed by atoms with Gasteiger partial charge in [-0.15, -0.1) is 11.3 Å². The first-order valence-corrected chi connectivity index (χ1v) is 10.8. The van der Waals surface area contributed by atoms with Crippen LogP contribution in [0.15, 0.2) is 51.8 Å². The van der Waals surface area contributed by atoms with Gasteiger partial charge in [0.2, 0.25) is 5.91 Å². The van der Waals surface area contributed by atoms with Gasteiger partial charge in [-0.05, 0) is 6.42 Å². The molecule has 30 heavy (non-hydrogen) atoms. The number of rotatable bonds is 6. The zero-order chi connectivity index (χ0) is 20.8. The van der Waals surface area contributed by atoms with Gasteiger partial charge in [0.15, 0.2) is 11.5 Å². The van der Waals surface area contributed by atoms with Gasteiger partial charge in [-0.1, -0.05) is 35.5 Å². The number of nitrogens with one attached hydrogen (secondary N) is 1. The van der Waals surface area contributed by atoms with Crippen molar-refractivity contribution < 1.29 is 14.1 Å². The van der Waals surface area contributed by atoms with Crippen molar-refractivity contribution in [2.45, 2.75) is 13.0 Å². The molecule has 1 aromatic carbocycles. The van der Waals surface area contributed by atoms with E-state index in [0.29, 0.717) is 18.8 Å². The van der Waals surface area contributed by atoms with Crippen LogP contribution in [-0.4, -0.2) is 64.5 Å². The molecule has 3 heterocycles. The van der Waals surface area contributed by atoms with E-state index in [-0.39, 0.29) is 18.1 Å². The lowest BCUT2D eigenvalue weighted by atomic mass is 10.1. The summed E-state index contributed by atoms with van der Waals surface area (Å²) in [5, 5.41) is 8.53. The quantitative estimate of drug-likeness (QED) is 0.651. The third kappa shape index (κ3) is 5.11. The van der Waals surface area contributed by atoms with E-state index in [9.17, 15) is 9.59 Å². The van der Waals surface area contributed by atoms with Crippen LogP contribution >= 0.6 is 11.3 Å². The molecule has 1 aliphatic heterocycles. The summed E-state index contributed by atoms with van der Waals surface area (Å²) in [6, 6.07) is 11.0. The van der Waals surface area contributed by atoms with Crippen LogP contribution in [0.3, 0.4) is 0 Å². The Labute approximate surface area is 178 Å². The predicted octanol–water partition coefficient (Wildman–Crippen LogP) is 2.26. The summed E-state index contributed by atoms with van der Waals surface area (Å²) in [6.45, 7) is 3.79. The van der Waals surface area contributed by atoms with Gasteiger partial charge in [-0.25, -0.2) is 4.98 Å². The Kier molecular flexibility index (Phi) is 6.50. The molecule has 3 aromatic rings. The number of hydrogen-bond donors (Lipinski definition) is 1. The van der Waals surface area contributed by atoms with E-state index >= 15 is 0 Å². The van der Waals surface area contributed by atoms with E-state index in [1.54, 1.807) is 22.3 Å². The summed E-state index contributed by atoms with van der Waals surface area (Å²) >= 11 is 1.59. The molecule has 1 saturated heterocycles. The highest BCUT2D eigenvalue weighted by molar-refractivity contribution is 7.07. The first-order chi connectivity index (χ1) is 14.7. The van der Waals surface area contributed by atoms with Gasteiger partial charge in [0.05, 0.1) is 17.7 Å². The largest absolute Gasteiger partial charge is 0.355 e. The first kappa shape index (κ1) is 20.2. The molecule has 0 aliphatic carbocycles. The maximum absolute atomic E-state index is 12.6. The summed E-state index contributed by atoms with van der Waals surface area (Å²) in [4.78, 5) is 33.4. The molecule has 0 bridgehead atoms. The van der Waals surface area contributed by atoms with E-state index in [1.165, 1.54) is 0 Å². The fraction of sp³-hybridized carbons (Fsp3) is 0.333. The highest BCUT2D eigenvalue weighted by Crippen LogP contribution is 2.19. The molecule has 0 atom stereocenters. The van der Waals surface area contributed by atoms with Gasteiger partial charge in [-0.3, -0.25) is 14.5 Å². The molecular weight excluding hydrogens is 402 g/mol. The highest BCUT2D eigenvalue weighted by Gasteiger charge is 2.21. The summed E-state index contributed by atoms with van der Waals surface area (Å²) in [7, 11) is 0. The lowest BCUT2D eigenvalue weighted by Crippen LogP contribution is -2.42. The Morgan fingerprint density at radius 2 is 2.00 bits per heavy atom. The molecule has 2 amide bonds. The van der Waals surface area contributed by atoms with Crippen molar-refractivity contribution in [1.82, 2.24) is 25.3 Å². The minimum atomic E-state index is -0.422. The highest BCUT2D eigenvalue weighted by atomic mass is 32.1. The molecule has 9 heteroatoms. The molecule has 1 fully saturated rings. The van der Waals surface area contributed by atoms with Gasteiger partial charge in [0, 0.05) is 49.7 Å². The van der Waals surface area contributed by atoms with Crippen molar-refractivity contribution >= 4 is 23.2 Å². The molecule has 2 aromatic heterocycles. The second-order valence-corrected chi connectivity index (χ2v) is 7.83. The van der Waals surface area contributed by atoms with Gasteiger partial charge >= 0.3 is 0 Å². The zero-order valence-electron chi connectivity index (χ0n) is 16.5. The average molecular weight is 426 g/mol. The fourth-order valence-electron chi connectivity index (χ4n) is 3.40. The van der Waals surface area contributed by atoms with Gasteiger partial charge in [-0.2, -0.15) is 0 Å². The number of amides is 2. The van der Waals surface area contributed by atoms with E-state index < -0.39 is 5.91 Å². The Morgan fingerprint density at radius 3 is 2.80 bits per heavy atom. The number of carbonyl (C=O) groups excluding carboxylic acids is 2. The van der Waals surface area contributed by atoms with Crippen LogP contribution in [0.2, 0.25) is 0 Å². The molecule has 8 nitrogen and oxygen atoms in total. The fourth-order valence-corrected chi connectivity index (χ4v) is 3.95. The molecular formula is C21H23N5O3S. The van der Waals surface area contributed by atoms with Crippen LogP contribution in [0.5, 0.6) is 0 Å². The van der Waals surface area contributed by atoms with E-state index in [4.69, 9.17) is 4.52 Å². The van der Waals surface area contributed by atoms with Crippen LogP contribution in [-0.2, 0) is 11.3 Å². The van der Waals surface area contributed by atoms with Crippen LogP contribution in [0, 0.1) is 0 Å². The normalized spacial score (nSPS) is 15.0. The van der Waals surface area contributed by atoms with E-state index in [0.717, 1.165) is 37.3 Å². The molecule has 1 N–H and O–H groups in total. The Bertz CT molecular complexity index is 974. The Morgan fingerprint density at radius 1 is 1.13 bits per heavy atom. The van der Waals surface area contributed by atoms with Crippen molar-refractivity contribution in [3.8, 4) is 11.3 Å². The Balaban J connectivity index is 1.26. The smallest absolute Gasteiger partial charge is 0.273 e. The molecule has 0 radical (unpaired) electrons. The number of aromatic nitrogens is 2. The topological polar surface area (TPSA) is 91.6 Å². The van der Waals surface area contributed by atoms with Gasteiger partial charge in [0.25, 0.3) is 5.91 Å². The third-order valence-electron chi connectivity index (χ3n) is 5.01. The van der Waals surface area contributed by atoms with Gasteiger partial charge < -0.3 is 14.7 Å². The number of carbonyl (C=O) groups is 2. The standard InChI is InChI=1S/C21H23N5O3S/c27-20(26-8-4-7-25(9-10-26)13-17-14-30-15-23-17)12-22-21(28)18-11-19(29-24-18)16-5-2-1-3-6-16/h1-3,5-6,11,14-15H,4,7-10,12-13H2,(H,22,28). The van der Waals surface area contributed by atoms with E-state index in [2.05, 4.69) is 25.7 Å². The minimum absolute atomic E-state index is 0.0571. The maximum atomic E-state index is 12.6. The molecule has 0 saturated carbocycles. The molecule has 0 unspecified atom stereocenters. The van der Waals surface area contributed by atoms with Crippen LogP contribution in [0.1, 0.15) is 22.6 Å². The SMILES string of the molecule is O=C(NCC(=O)N1CCCN(Cc2cscn2)CC1)c1cc(-c2ccccc2)on1. The first-order valence-electron chi connectivity index (χ1n) is 9.86. The number of hydrogen-bond acceptors (Lipinski definition) is 7. The number of thiazole rings is 1. The second-order valence-electron chi connectivity index (χ2n) is 7.12. The molecule has 4 rings (SSSR count). The van der Waals surface area contributed by atoms with Crippen molar-refractivity contribution in [3.63, 3.8) is 0 Å².